The van der Waals surface area contributed by atoms with E-state index in [4.69, 9.17) is 19.7 Å². The second-order valence-electron chi connectivity index (χ2n) is 8.32. The van der Waals surface area contributed by atoms with Crippen molar-refractivity contribution in [2.24, 2.45) is 0 Å². The van der Waals surface area contributed by atoms with Gasteiger partial charge in [0.2, 0.25) is 0 Å². The molecule has 1 amide bonds. The molecule has 1 aliphatic heterocycles. The Balaban J connectivity index is 0.00000150. The number of amides is 1. The molecule has 12 nitrogen and oxygen atoms in total. The van der Waals surface area contributed by atoms with E-state index >= 15 is 0 Å². The Morgan fingerprint density at radius 1 is 1.19 bits per heavy atom. The van der Waals surface area contributed by atoms with Crippen LogP contribution in [0.2, 0.25) is 0 Å². The third-order valence-corrected chi connectivity index (χ3v) is 5.46. The molecular formula is C24H35N3O9. The van der Waals surface area contributed by atoms with Crippen LogP contribution in [0.4, 0.5) is 0 Å². The number of nitrogens with zero attached hydrogens (tertiary/aromatic N) is 1. The molecule has 1 unspecified atom stereocenters. The SMILES string of the molecule is CC(=O)O.CCCCN[C@@H](Cc1ccc(O)cc1)C(=O)C1(CC(=O)OC)NCCN(CC(=O)O)C1=O. The number of carboxylic acid groups (broad SMARTS) is 2. The molecule has 1 saturated heterocycles. The molecule has 0 bridgehead atoms. The Morgan fingerprint density at radius 2 is 1.81 bits per heavy atom. The molecule has 0 spiro atoms. The zero-order valence-electron chi connectivity index (χ0n) is 20.8. The van der Waals surface area contributed by atoms with E-state index < -0.39 is 54.1 Å². The van der Waals surface area contributed by atoms with Gasteiger partial charge in [-0.2, -0.15) is 0 Å². The van der Waals surface area contributed by atoms with Crippen molar-refractivity contribution in [2.75, 3.05) is 33.3 Å². The number of carbonyl (C=O) groups is 5. The summed E-state index contributed by atoms with van der Waals surface area (Å²) >= 11 is 0. The molecule has 2 atom stereocenters. The number of piperazine rings is 1. The molecule has 200 valence electrons. The van der Waals surface area contributed by atoms with E-state index in [-0.39, 0.29) is 25.3 Å². The van der Waals surface area contributed by atoms with Crippen molar-refractivity contribution in [1.29, 1.82) is 0 Å². The molecular weight excluding hydrogens is 474 g/mol. The number of aromatic hydroxyl groups is 1. The quantitative estimate of drug-likeness (QED) is 0.147. The number of ketones is 1. The highest BCUT2D eigenvalue weighted by Gasteiger charge is 2.53. The summed E-state index contributed by atoms with van der Waals surface area (Å²) in [4.78, 5) is 60.6. The van der Waals surface area contributed by atoms with Crippen LogP contribution in [-0.2, 0) is 35.1 Å². The maximum absolute atomic E-state index is 13.8. The van der Waals surface area contributed by atoms with Gasteiger partial charge in [0, 0.05) is 20.0 Å². The van der Waals surface area contributed by atoms with Crippen molar-refractivity contribution in [3.8, 4) is 5.75 Å². The first kappa shape index (κ1) is 30.5. The molecule has 0 saturated carbocycles. The van der Waals surface area contributed by atoms with E-state index in [1.807, 2.05) is 6.92 Å². The minimum absolute atomic E-state index is 0.0890. The number of nitrogens with one attached hydrogen (secondary N) is 2. The summed E-state index contributed by atoms with van der Waals surface area (Å²) in [5, 5.41) is 32.2. The van der Waals surface area contributed by atoms with E-state index in [0.29, 0.717) is 6.54 Å². The van der Waals surface area contributed by atoms with E-state index in [9.17, 15) is 24.3 Å². The smallest absolute Gasteiger partial charge is 0.323 e. The molecule has 36 heavy (non-hydrogen) atoms. The van der Waals surface area contributed by atoms with Gasteiger partial charge in [-0.05, 0) is 37.1 Å². The zero-order valence-corrected chi connectivity index (χ0v) is 20.8. The molecule has 1 aliphatic rings. The van der Waals surface area contributed by atoms with Gasteiger partial charge in [0.15, 0.2) is 11.3 Å². The molecule has 12 heteroatoms. The van der Waals surface area contributed by atoms with Crippen LogP contribution in [0, 0.1) is 0 Å². The van der Waals surface area contributed by atoms with Crippen LogP contribution in [0.15, 0.2) is 24.3 Å². The first-order chi connectivity index (χ1) is 17.0. The van der Waals surface area contributed by atoms with Gasteiger partial charge in [-0.1, -0.05) is 25.5 Å². The number of hydrogen-bond acceptors (Lipinski definition) is 9. The molecule has 0 radical (unpaired) electrons. The zero-order chi connectivity index (χ0) is 27.3. The Hall–Kier alpha value is -3.51. The summed E-state index contributed by atoms with van der Waals surface area (Å²) in [5.74, 6) is -4.01. The number of benzene rings is 1. The number of carboxylic acids is 2. The fourth-order valence-corrected chi connectivity index (χ4v) is 3.75. The second-order valence-corrected chi connectivity index (χ2v) is 8.32. The topological polar surface area (TPSA) is 183 Å². The van der Waals surface area contributed by atoms with Crippen LogP contribution in [0.1, 0.15) is 38.7 Å². The van der Waals surface area contributed by atoms with Crippen LogP contribution in [0.25, 0.3) is 0 Å². The first-order valence-corrected chi connectivity index (χ1v) is 11.5. The average molecular weight is 510 g/mol. The Bertz CT molecular complexity index is 916. The molecule has 5 N–H and O–H groups in total. The number of phenolic OH excluding ortho intramolecular Hbond substituents is 1. The molecule has 0 aromatic heterocycles. The first-order valence-electron chi connectivity index (χ1n) is 11.5. The molecule has 2 rings (SSSR count). The van der Waals surface area contributed by atoms with Gasteiger partial charge in [-0.25, -0.2) is 0 Å². The minimum Gasteiger partial charge on any atom is -0.508 e. The number of unbranched alkanes of at least 4 members (excludes halogenated alkanes) is 1. The number of Topliss-reactive ketones (excluding diaryl/α,β-unsaturated/α-hetero) is 1. The number of rotatable bonds is 12. The molecule has 1 aromatic rings. The van der Waals surface area contributed by atoms with Gasteiger partial charge in [0.05, 0.1) is 19.6 Å². The van der Waals surface area contributed by atoms with Crippen molar-refractivity contribution in [1.82, 2.24) is 15.5 Å². The van der Waals surface area contributed by atoms with Gasteiger partial charge in [-0.15, -0.1) is 0 Å². The van der Waals surface area contributed by atoms with Gasteiger partial charge >= 0.3 is 11.9 Å². The van der Waals surface area contributed by atoms with E-state index in [0.717, 1.165) is 37.3 Å². The Kier molecular flexibility index (Phi) is 12.5. The highest BCUT2D eigenvalue weighted by Crippen LogP contribution is 2.24. The van der Waals surface area contributed by atoms with Gasteiger partial charge in [-0.3, -0.25) is 29.3 Å². The third-order valence-electron chi connectivity index (χ3n) is 5.46. The standard InChI is InChI=1S/C22H31N3O7.C2H4O2/c1-3-4-9-23-17(12-15-5-7-16(26)8-6-15)20(30)22(13-19(29)32-2)21(31)25(11-10-24-22)14-18(27)28;1-2(3)4/h5-8,17,23-24,26H,3-4,9-14H2,1-2H3,(H,27,28);1H3,(H,3,4)/t17-,22?;/m0./s1. The van der Waals surface area contributed by atoms with Crippen molar-refractivity contribution < 1.29 is 44.0 Å². The number of aliphatic carboxylic acids is 2. The Morgan fingerprint density at radius 3 is 2.33 bits per heavy atom. The van der Waals surface area contributed by atoms with Crippen molar-refractivity contribution >= 4 is 29.6 Å². The van der Waals surface area contributed by atoms with Crippen LogP contribution >= 0.6 is 0 Å². The predicted octanol–water partition coefficient (Wildman–Crippen LogP) is 0.171. The second kappa shape index (κ2) is 14.8. The normalized spacial score (nSPS) is 18.0. The average Bonchev–Trinajstić information content (AvgIpc) is 2.81. The molecule has 1 aromatic carbocycles. The van der Waals surface area contributed by atoms with Crippen LogP contribution < -0.4 is 10.6 Å². The summed E-state index contributed by atoms with van der Waals surface area (Å²) < 4.78 is 4.74. The fourth-order valence-electron chi connectivity index (χ4n) is 3.75. The maximum atomic E-state index is 13.8. The number of esters is 1. The van der Waals surface area contributed by atoms with Crippen molar-refractivity contribution in [3.63, 3.8) is 0 Å². The highest BCUT2D eigenvalue weighted by atomic mass is 16.5. The maximum Gasteiger partial charge on any atom is 0.323 e. The number of ether oxygens (including phenoxy) is 1. The highest BCUT2D eigenvalue weighted by molar-refractivity contribution is 6.15. The van der Waals surface area contributed by atoms with Gasteiger partial charge < -0.3 is 30.3 Å². The van der Waals surface area contributed by atoms with Gasteiger partial charge in [0.25, 0.3) is 11.9 Å². The van der Waals surface area contributed by atoms with Crippen LogP contribution in [-0.4, -0.2) is 94.7 Å². The predicted molar refractivity (Wildman–Crippen MR) is 128 cm³/mol. The summed E-state index contributed by atoms with van der Waals surface area (Å²) in [6, 6.07) is 5.54. The monoisotopic (exact) mass is 509 g/mol. The fraction of sp³-hybridized carbons (Fsp3) is 0.542. The lowest BCUT2D eigenvalue weighted by atomic mass is 9.81. The van der Waals surface area contributed by atoms with E-state index in [2.05, 4.69) is 10.6 Å². The third kappa shape index (κ3) is 9.27. The lowest BCUT2D eigenvalue weighted by Crippen LogP contribution is -2.72. The number of carbonyl (C=O) groups excluding carboxylic acids is 3. The summed E-state index contributed by atoms with van der Waals surface area (Å²) in [5.41, 5.74) is -1.18. The largest absolute Gasteiger partial charge is 0.508 e. The Labute approximate surface area is 209 Å². The number of phenols is 1. The van der Waals surface area contributed by atoms with Crippen molar-refractivity contribution in [3.05, 3.63) is 29.8 Å². The summed E-state index contributed by atoms with van der Waals surface area (Å²) in [6.45, 7) is 3.30. The summed E-state index contributed by atoms with van der Waals surface area (Å²) in [6.07, 6.45) is 1.37. The molecule has 1 fully saturated rings. The van der Waals surface area contributed by atoms with Crippen LogP contribution in [0.3, 0.4) is 0 Å². The molecule has 1 heterocycles. The van der Waals surface area contributed by atoms with Crippen LogP contribution in [0.5, 0.6) is 5.75 Å². The van der Waals surface area contributed by atoms with E-state index in [1.54, 1.807) is 12.1 Å². The number of methoxy groups -OCH3 is 1. The van der Waals surface area contributed by atoms with Gasteiger partial charge in [0.1, 0.15) is 12.3 Å². The van der Waals surface area contributed by atoms with E-state index in [1.165, 1.54) is 12.1 Å². The minimum atomic E-state index is -1.93. The molecule has 0 aliphatic carbocycles. The number of hydrogen-bond donors (Lipinski definition) is 5. The van der Waals surface area contributed by atoms with Crippen molar-refractivity contribution in [2.45, 2.75) is 51.1 Å². The summed E-state index contributed by atoms with van der Waals surface area (Å²) in [7, 11) is 1.16. The lowest BCUT2D eigenvalue weighted by molar-refractivity contribution is -0.159. The lowest BCUT2D eigenvalue weighted by Gasteiger charge is -2.42.